The quantitative estimate of drug-likeness (QED) is 0.514. The third-order valence-corrected chi connectivity index (χ3v) is 2.73. The number of rotatable bonds is 5. The minimum atomic E-state index is -0.410. The highest BCUT2D eigenvalue weighted by Gasteiger charge is 2.10. The van der Waals surface area contributed by atoms with Crippen molar-refractivity contribution in [3.8, 4) is 0 Å². The van der Waals surface area contributed by atoms with Gasteiger partial charge in [0.05, 0.1) is 6.61 Å². The lowest BCUT2D eigenvalue weighted by Gasteiger charge is -2.12. The predicted molar refractivity (Wildman–Crippen MR) is 65.3 cm³/mol. The maximum atomic E-state index is 11.3. The largest absolute Gasteiger partial charge is 0.450 e. The molecule has 1 aromatic heterocycles. The second-order valence-electron chi connectivity index (χ2n) is 3.28. The molecule has 0 aliphatic heterocycles. The summed E-state index contributed by atoms with van der Waals surface area (Å²) >= 11 is 3.36. The molecular formula is C11H15BrN2O2. The smallest absolute Gasteiger partial charge is 0.408 e. The molecule has 1 N–H and O–H groups in total. The molecule has 88 valence electrons. The number of carbonyl (C=O) groups is 1. The molecule has 0 aliphatic rings. The van der Waals surface area contributed by atoms with Crippen LogP contribution >= 0.6 is 15.9 Å². The van der Waals surface area contributed by atoms with Crippen molar-refractivity contribution >= 4 is 22.0 Å². The van der Waals surface area contributed by atoms with E-state index in [-0.39, 0.29) is 4.95 Å². The summed E-state index contributed by atoms with van der Waals surface area (Å²) in [5.41, 5.74) is 0.933. The topological polar surface area (TPSA) is 51.2 Å². The molecule has 1 atom stereocenters. The van der Waals surface area contributed by atoms with Crippen molar-refractivity contribution in [2.75, 3.05) is 6.61 Å². The van der Waals surface area contributed by atoms with Gasteiger partial charge in [-0.3, -0.25) is 4.98 Å². The minimum absolute atomic E-state index is 0.246. The number of nitrogens with one attached hydrogen (secondary N) is 1. The van der Waals surface area contributed by atoms with Gasteiger partial charge in [-0.2, -0.15) is 0 Å². The summed E-state index contributed by atoms with van der Waals surface area (Å²) in [5.74, 6) is 0. The summed E-state index contributed by atoms with van der Waals surface area (Å²) in [6.07, 6.45) is 4.83. The number of amides is 1. The van der Waals surface area contributed by atoms with E-state index in [9.17, 15) is 4.79 Å². The molecule has 0 radical (unpaired) electrons. The van der Waals surface area contributed by atoms with Gasteiger partial charge in [0.2, 0.25) is 0 Å². The molecule has 0 aromatic carbocycles. The summed E-state index contributed by atoms with van der Waals surface area (Å²) < 4.78 is 4.98. The van der Waals surface area contributed by atoms with Gasteiger partial charge in [-0.1, -0.05) is 29.3 Å². The van der Waals surface area contributed by atoms with Gasteiger partial charge in [-0.25, -0.2) is 4.79 Å². The van der Waals surface area contributed by atoms with E-state index in [0.29, 0.717) is 6.61 Å². The number of halogens is 1. The van der Waals surface area contributed by atoms with E-state index in [1.165, 1.54) is 0 Å². The molecule has 0 bridgehead atoms. The fourth-order valence-corrected chi connectivity index (χ4v) is 1.56. The van der Waals surface area contributed by atoms with Crippen LogP contribution in [0.5, 0.6) is 0 Å². The Morgan fingerprint density at radius 3 is 2.88 bits per heavy atom. The summed E-state index contributed by atoms with van der Waals surface area (Å²) in [6, 6.07) is 3.65. The first kappa shape index (κ1) is 13.0. The van der Waals surface area contributed by atoms with Crippen LogP contribution in [0.4, 0.5) is 4.79 Å². The summed E-state index contributed by atoms with van der Waals surface area (Å²) in [5, 5.41) is 2.68. The molecule has 0 saturated carbocycles. The van der Waals surface area contributed by atoms with E-state index < -0.39 is 6.09 Å². The molecular weight excluding hydrogens is 272 g/mol. The lowest BCUT2D eigenvalue weighted by atomic mass is 10.3. The SMILES string of the molecule is CCCCOC(=O)NC(Br)c1ccncc1. The molecule has 0 aliphatic carbocycles. The molecule has 0 fully saturated rings. The van der Waals surface area contributed by atoms with Crippen LogP contribution in [0.1, 0.15) is 30.3 Å². The highest BCUT2D eigenvalue weighted by Crippen LogP contribution is 2.18. The Kier molecular flexibility index (Phi) is 5.85. The van der Waals surface area contributed by atoms with Crippen LogP contribution in [-0.4, -0.2) is 17.7 Å². The number of hydrogen-bond donors (Lipinski definition) is 1. The van der Waals surface area contributed by atoms with Crippen molar-refractivity contribution in [2.24, 2.45) is 0 Å². The lowest BCUT2D eigenvalue weighted by Crippen LogP contribution is -2.26. The van der Waals surface area contributed by atoms with Crippen molar-refractivity contribution < 1.29 is 9.53 Å². The molecule has 1 amide bonds. The van der Waals surface area contributed by atoms with Crippen molar-refractivity contribution in [1.82, 2.24) is 10.3 Å². The van der Waals surface area contributed by atoms with Crippen LogP contribution < -0.4 is 5.32 Å². The average molecular weight is 287 g/mol. The number of nitrogens with zero attached hydrogens (tertiary/aromatic N) is 1. The monoisotopic (exact) mass is 286 g/mol. The zero-order valence-electron chi connectivity index (χ0n) is 9.15. The molecule has 0 saturated heterocycles. The third kappa shape index (κ3) is 4.61. The fraction of sp³-hybridized carbons (Fsp3) is 0.455. The Balaban J connectivity index is 2.34. The molecule has 5 heteroatoms. The van der Waals surface area contributed by atoms with Gasteiger partial charge in [-0.15, -0.1) is 0 Å². The molecule has 1 aromatic rings. The number of alkyl carbamates (subject to hydrolysis) is 1. The van der Waals surface area contributed by atoms with Crippen LogP contribution in [0.3, 0.4) is 0 Å². The Hall–Kier alpha value is -1.10. The molecule has 1 unspecified atom stereocenters. The van der Waals surface area contributed by atoms with Crippen molar-refractivity contribution in [1.29, 1.82) is 0 Å². The van der Waals surface area contributed by atoms with Crippen LogP contribution in [0.2, 0.25) is 0 Å². The Morgan fingerprint density at radius 2 is 2.25 bits per heavy atom. The number of ether oxygens (including phenoxy) is 1. The minimum Gasteiger partial charge on any atom is -0.450 e. The second kappa shape index (κ2) is 7.22. The van der Waals surface area contributed by atoms with Gasteiger partial charge in [0.15, 0.2) is 0 Å². The Labute approximate surface area is 104 Å². The van der Waals surface area contributed by atoms with E-state index in [2.05, 4.69) is 26.2 Å². The van der Waals surface area contributed by atoms with Crippen molar-refractivity contribution in [3.05, 3.63) is 30.1 Å². The molecule has 16 heavy (non-hydrogen) atoms. The van der Waals surface area contributed by atoms with E-state index >= 15 is 0 Å². The van der Waals surface area contributed by atoms with Crippen LogP contribution in [-0.2, 0) is 4.74 Å². The lowest BCUT2D eigenvalue weighted by molar-refractivity contribution is 0.144. The van der Waals surface area contributed by atoms with Gasteiger partial charge in [0.1, 0.15) is 4.95 Å². The van der Waals surface area contributed by atoms with E-state index in [4.69, 9.17) is 4.74 Å². The number of unbranched alkanes of at least 4 members (excludes halogenated alkanes) is 1. The maximum Gasteiger partial charge on any atom is 0.408 e. The van der Waals surface area contributed by atoms with Crippen LogP contribution in [0.15, 0.2) is 24.5 Å². The van der Waals surface area contributed by atoms with Crippen molar-refractivity contribution in [2.45, 2.75) is 24.7 Å². The average Bonchev–Trinajstić information content (AvgIpc) is 2.30. The second-order valence-corrected chi connectivity index (χ2v) is 4.19. The summed E-state index contributed by atoms with van der Waals surface area (Å²) in [6.45, 7) is 2.50. The zero-order valence-corrected chi connectivity index (χ0v) is 10.7. The first-order valence-corrected chi connectivity index (χ1v) is 6.13. The Morgan fingerprint density at radius 1 is 1.56 bits per heavy atom. The number of pyridine rings is 1. The number of carbonyl (C=O) groups excluding carboxylic acids is 1. The molecule has 1 rings (SSSR count). The number of alkyl halides is 1. The molecule has 0 spiro atoms. The van der Waals surface area contributed by atoms with Gasteiger partial charge in [0.25, 0.3) is 0 Å². The standard InChI is InChI=1S/C11H15BrN2O2/c1-2-3-8-16-11(15)14-10(12)9-4-6-13-7-5-9/h4-7,10H,2-3,8H2,1H3,(H,14,15). The predicted octanol–water partition coefficient (Wildman–Crippen LogP) is 3.00. The normalized spacial score (nSPS) is 11.9. The third-order valence-electron chi connectivity index (χ3n) is 1.97. The van der Waals surface area contributed by atoms with E-state index in [1.807, 2.05) is 19.1 Å². The van der Waals surface area contributed by atoms with Crippen molar-refractivity contribution in [3.63, 3.8) is 0 Å². The number of hydrogen-bond acceptors (Lipinski definition) is 3. The number of aromatic nitrogens is 1. The van der Waals surface area contributed by atoms with E-state index in [0.717, 1.165) is 18.4 Å². The first-order valence-electron chi connectivity index (χ1n) is 5.21. The highest BCUT2D eigenvalue weighted by atomic mass is 79.9. The zero-order chi connectivity index (χ0) is 11.8. The van der Waals surface area contributed by atoms with Gasteiger partial charge in [0, 0.05) is 12.4 Å². The van der Waals surface area contributed by atoms with Gasteiger partial charge >= 0.3 is 6.09 Å². The summed E-state index contributed by atoms with van der Waals surface area (Å²) in [7, 11) is 0. The first-order chi connectivity index (χ1) is 7.74. The maximum absolute atomic E-state index is 11.3. The van der Waals surface area contributed by atoms with E-state index in [1.54, 1.807) is 12.4 Å². The van der Waals surface area contributed by atoms with Gasteiger partial charge in [-0.05, 0) is 24.1 Å². The van der Waals surface area contributed by atoms with Crippen LogP contribution in [0, 0.1) is 0 Å². The summed E-state index contributed by atoms with van der Waals surface area (Å²) in [4.78, 5) is 15.0. The Bertz CT molecular complexity index is 319. The van der Waals surface area contributed by atoms with Gasteiger partial charge < -0.3 is 10.1 Å². The molecule has 4 nitrogen and oxygen atoms in total. The molecule has 1 heterocycles. The van der Waals surface area contributed by atoms with Crippen LogP contribution in [0.25, 0.3) is 0 Å². The highest BCUT2D eigenvalue weighted by molar-refractivity contribution is 9.09. The fourth-order valence-electron chi connectivity index (χ4n) is 1.07.